The number of methoxy groups -OCH3 is 1. The van der Waals surface area contributed by atoms with E-state index < -0.39 is 12.0 Å². The van der Waals surface area contributed by atoms with Crippen LogP contribution in [0.25, 0.3) is 0 Å². The molecule has 0 spiro atoms. The summed E-state index contributed by atoms with van der Waals surface area (Å²) in [6.45, 7) is 1.75. The molecule has 1 aliphatic rings. The van der Waals surface area contributed by atoms with Crippen molar-refractivity contribution >= 4 is 46.5 Å². The maximum Gasteiger partial charge on any atom is 0.337 e. The van der Waals surface area contributed by atoms with Crippen molar-refractivity contribution in [2.75, 3.05) is 7.11 Å². The van der Waals surface area contributed by atoms with Crippen LogP contribution in [0, 0.1) is 0 Å². The van der Waals surface area contributed by atoms with Gasteiger partial charge in [-0.2, -0.15) is 0 Å². The van der Waals surface area contributed by atoms with Crippen LogP contribution in [0.3, 0.4) is 0 Å². The summed E-state index contributed by atoms with van der Waals surface area (Å²) in [6, 6.07) is 4.61. The minimum Gasteiger partial charge on any atom is -0.466 e. The molecule has 1 aliphatic heterocycles. The highest BCUT2D eigenvalue weighted by Gasteiger charge is 2.33. The third-order valence-corrected chi connectivity index (χ3v) is 3.84. The summed E-state index contributed by atoms with van der Waals surface area (Å²) < 4.78 is 4.82. The molecule has 0 fully saturated rings. The number of benzene rings is 1. The minimum absolute atomic E-state index is 0.399. The number of halogens is 2. The van der Waals surface area contributed by atoms with Gasteiger partial charge in [-0.05, 0) is 31.3 Å². The van der Waals surface area contributed by atoms with Gasteiger partial charge in [-0.1, -0.05) is 29.3 Å². The van der Waals surface area contributed by atoms with Crippen LogP contribution in [0.4, 0.5) is 0 Å². The van der Waals surface area contributed by atoms with Crippen LogP contribution in [0.2, 0.25) is 10.0 Å². The van der Waals surface area contributed by atoms with Crippen LogP contribution in [-0.4, -0.2) is 18.2 Å². The van der Waals surface area contributed by atoms with E-state index in [1.54, 1.807) is 25.1 Å². The number of esters is 1. The molecule has 0 aromatic heterocycles. The second-order valence-electron chi connectivity index (χ2n) is 4.20. The molecule has 7 heteroatoms. The number of hydrogen-bond acceptors (Lipinski definition) is 3. The summed E-state index contributed by atoms with van der Waals surface area (Å²) in [4.78, 5) is 12.0. The van der Waals surface area contributed by atoms with Gasteiger partial charge in [0.1, 0.15) is 0 Å². The summed E-state index contributed by atoms with van der Waals surface area (Å²) in [5, 5.41) is 7.20. The topological polar surface area (TPSA) is 50.4 Å². The molecule has 0 radical (unpaired) electrons. The average molecular weight is 331 g/mol. The first-order valence-electron chi connectivity index (χ1n) is 5.76. The lowest BCUT2D eigenvalue weighted by Gasteiger charge is -2.30. The van der Waals surface area contributed by atoms with Crippen molar-refractivity contribution in [1.82, 2.24) is 10.6 Å². The largest absolute Gasteiger partial charge is 0.466 e. The van der Waals surface area contributed by atoms with E-state index in [1.165, 1.54) is 7.11 Å². The lowest BCUT2D eigenvalue weighted by molar-refractivity contribution is -0.136. The molecule has 1 aromatic carbocycles. The Bertz CT molecular complexity index is 596. The van der Waals surface area contributed by atoms with Gasteiger partial charge in [0.2, 0.25) is 0 Å². The van der Waals surface area contributed by atoms with E-state index >= 15 is 0 Å². The molecule has 0 saturated heterocycles. The van der Waals surface area contributed by atoms with E-state index in [0.29, 0.717) is 32.0 Å². The lowest BCUT2D eigenvalue weighted by atomic mass is 9.95. The molecule has 0 bridgehead atoms. The molecule has 2 N–H and O–H groups in total. The SMILES string of the molecule is COC(=O)C1=C(C)NC(=S)N[C@H]1c1c(Cl)cccc1Cl. The second-order valence-corrected chi connectivity index (χ2v) is 5.42. The van der Waals surface area contributed by atoms with Gasteiger partial charge in [-0.15, -0.1) is 0 Å². The highest BCUT2D eigenvalue weighted by Crippen LogP contribution is 2.36. The first-order chi connectivity index (χ1) is 9.45. The van der Waals surface area contributed by atoms with Crippen LogP contribution in [0.5, 0.6) is 0 Å². The van der Waals surface area contributed by atoms with Crippen molar-refractivity contribution < 1.29 is 9.53 Å². The van der Waals surface area contributed by atoms with Gasteiger partial charge in [0.25, 0.3) is 0 Å². The van der Waals surface area contributed by atoms with Crippen molar-refractivity contribution in [3.05, 3.63) is 45.1 Å². The van der Waals surface area contributed by atoms with Gasteiger partial charge in [0, 0.05) is 21.3 Å². The maximum atomic E-state index is 12.0. The maximum absolute atomic E-state index is 12.0. The Morgan fingerprint density at radius 2 is 1.95 bits per heavy atom. The monoisotopic (exact) mass is 330 g/mol. The quantitative estimate of drug-likeness (QED) is 0.645. The first-order valence-corrected chi connectivity index (χ1v) is 6.92. The number of rotatable bonds is 2. The molecule has 4 nitrogen and oxygen atoms in total. The lowest BCUT2D eigenvalue weighted by Crippen LogP contribution is -2.45. The number of hydrogen-bond donors (Lipinski definition) is 2. The van der Waals surface area contributed by atoms with Gasteiger partial charge in [0.05, 0.1) is 18.7 Å². The molecule has 0 unspecified atom stereocenters. The normalized spacial score (nSPS) is 18.4. The van der Waals surface area contributed by atoms with Gasteiger partial charge in [-0.3, -0.25) is 0 Å². The molecule has 0 amide bonds. The van der Waals surface area contributed by atoms with Gasteiger partial charge < -0.3 is 15.4 Å². The highest BCUT2D eigenvalue weighted by atomic mass is 35.5. The summed E-state index contributed by atoms with van der Waals surface area (Å²) in [5.74, 6) is -0.467. The molecule has 106 valence electrons. The molecule has 0 saturated carbocycles. The van der Waals surface area contributed by atoms with Crippen LogP contribution < -0.4 is 10.6 Å². The Morgan fingerprint density at radius 1 is 1.35 bits per heavy atom. The predicted octanol–water partition coefficient (Wildman–Crippen LogP) is 2.96. The fraction of sp³-hybridized carbons (Fsp3) is 0.231. The van der Waals surface area contributed by atoms with E-state index in [2.05, 4.69) is 10.6 Å². The second kappa shape index (κ2) is 5.99. The molecule has 1 aromatic rings. The predicted molar refractivity (Wildman–Crippen MR) is 82.8 cm³/mol. The molecule has 20 heavy (non-hydrogen) atoms. The number of allylic oxidation sites excluding steroid dienone is 1. The zero-order chi connectivity index (χ0) is 14.9. The summed E-state index contributed by atoms with van der Waals surface area (Å²) >= 11 is 17.5. The third-order valence-electron chi connectivity index (χ3n) is 2.96. The van der Waals surface area contributed by atoms with Gasteiger partial charge >= 0.3 is 5.97 Å². The third kappa shape index (κ3) is 2.75. The van der Waals surface area contributed by atoms with E-state index in [-0.39, 0.29) is 0 Å². The Balaban J connectivity index is 2.60. The first kappa shape index (κ1) is 15.1. The van der Waals surface area contributed by atoms with Crippen molar-refractivity contribution in [1.29, 1.82) is 0 Å². The van der Waals surface area contributed by atoms with Crippen LogP contribution in [0.1, 0.15) is 18.5 Å². The van der Waals surface area contributed by atoms with Crippen LogP contribution >= 0.6 is 35.4 Å². The summed E-state index contributed by atoms with van der Waals surface area (Å²) in [5.41, 5.74) is 1.61. The van der Waals surface area contributed by atoms with Crippen molar-refractivity contribution in [2.24, 2.45) is 0 Å². The standard InChI is InChI=1S/C13H12Cl2N2O2S/c1-6-9(12(18)19-2)11(17-13(20)16-6)10-7(14)4-3-5-8(10)15/h3-5,11H,1-2H3,(H2,16,17,20)/t11-/m1/s1. The Morgan fingerprint density at radius 3 is 2.50 bits per heavy atom. The summed E-state index contributed by atoms with van der Waals surface area (Å²) in [6.07, 6.45) is 0. The van der Waals surface area contributed by atoms with Crippen molar-refractivity contribution in [2.45, 2.75) is 13.0 Å². The fourth-order valence-electron chi connectivity index (χ4n) is 2.08. The van der Waals surface area contributed by atoms with Crippen molar-refractivity contribution in [3.8, 4) is 0 Å². The Hall–Kier alpha value is -1.30. The molecule has 0 aliphatic carbocycles. The number of nitrogens with one attached hydrogen (secondary N) is 2. The van der Waals surface area contributed by atoms with Gasteiger partial charge in [-0.25, -0.2) is 4.79 Å². The Kier molecular flexibility index (Phi) is 4.52. The van der Waals surface area contributed by atoms with E-state index in [9.17, 15) is 4.79 Å². The summed E-state index contributed by atoms with van der Waals surface area (Å²) in [7, 11) is 1.32. The number of carbonyl (C=O) groups excluding carboxylic acids is 1. The van der Waals surface area contributed by atoms with Crippen LogP contribution in [0.15, 0.2) is 29.5 Å². The fourth-order valence-corrected chi connectivity index (χ4v) is 2.96. The number of thiocarbonyl (C=S) groups is 1. The average Bonchev–Trinajstić information content (AvgIpc) is 2.37. The minimum atomic E-state index is -0.544. The number of carbonyl (C=O) groups is 1. The molecular formula is C13H12Cl2N2O2S. The molecule has 1 heterocycles. The van der Waals surface area contributed by atoms with E-state index in [4.69, 9.17) is 40.2 Å². The van der Waals surface area contributed by atoms with E-state index in [0.717, 1.165) is 0 Å². The zero-order valence-corrected chi connectivity index (χ0v) is 13.1. The molecule has 2 rings (SSSR count). The van der Waals surface area contributed by atoms with Crippen LogP contribution in [-0.2, 0) is 9.53 Å². The molecular weight excluding hydrogens is 319 g/mol. The highest BCUT2D eigenvalue weighted by molar-refractivity contribution is 7.80. The van der Waals surface area contributed by atoms with Gasteiger partial charge in [0.15, 0.2) is 5.11 Å². The smallest absolute Gasteiger partial charge is 0.337 e. The molecule has 1 atom stereocenters. The zero-order valence-electron chi connectivity index (χ0n) is 10.8. The van der Waals surface area contributed by atoms with Crippen molar-refractivity contribution in [3.63, 3.8) is 0 Å². The van der Waals surface area contributed by atoms with E-state index in [1.807, 2.05) is 0 Å². The number of ether oxygens (including phenoxy) is 1. The Labute approximate surface area is 132 Å².